The molecule has 1 atom stereocenters. The largest absolute Gasteiger partial charge is 0.481 e. The number of ketones is 1. The van der Waals surface area contributed by atoms with Crippen LogP contribution in [0.4, 0.5) is 10.1 Å². The van der Waals surface area contributed by atoms with E-state index in [0.717, 1.165) is 5.56 Å². The van der Waals surface area contributed by atoms with Crippen molar-refractivity contribution >= 4 is 39.9 Å². The van der Waals surface area contributed by atoms with Gasteiger partial charge in [0.25, 0.3) is 5.91 Å². The molecule has 0 saturated heterocycles. The van der Waals surface area contributed by atoms with Gasteiger partial charge in [0.05, 0.1) is 5.69 Å². The maximum atomic E-state index is 13.3. The molecule has 32 heavy (non-hydrogen) atoms. The van der Waals surface area contributed by atoms with Crippen LogP contribution in [0.5, 0.6) is 5.75 Å². The Bertz CT molecular complexity index is 1310. The highest BCUT2D eigenvalue weighted by Crippen LogP contribution is 2.33. The molecule has 5 nitrogen and oxygen atoms in total. The van der Waals surface area contributed by atoms with E-state index < -0.39 is 23.6 Å². The number of furan rings is 1. The van der Waals surface area contributed by atoms with E-state index in [9.17, 15) is 14.0 Å². The van der Waals surface area contributed by atoms with Crippen molar-refractivity contribution < 1.29 is 23.1 Å². The molecule has 7 heteroatoms. The fourth-order valence-corrected chi connectivity index (χ4v) is 3.35. The monoisotopic (exact) mass is 451 g/mol. The Hall–Kier alpha value is -3.64. The predicted octanol–water partition coefficient (Wildman–Crippen LogP) is 6.17. The lowest BCUT2D eigenvalue weighted by atomic mass is 10.1. The average Bonchev–Trinajstić information content (AvgIpc) is 3.14. The van der Waals surface area contributed by atoms with Crippen LogP contribution in [-0.4, -0.2) is 17.8 Å². The van der Waals surface area contributed by atoms with Crippen molar-refractivity contribution in [2.75, 3.05) is 5.32 Å². The summed E-state index contributed by atoms with van der Waals surface area (Å²) in [7, 11) is 0. The van der Waals surface area contributed by atoms with Gasteiger partial charge in [-0.1, -0.05) is 23.7 Å². The normalized spacial score (nSPS) is 11.9. The van der Waals surface area contributed by atoms with E-state index >= 15 is 0 Å². The van der Waals surface area contributed by atoms with Crippen LogP contribution in [0.15, 0.2) is 71.1 Å². The van der Waals surface area contributed by atoms with Gasteiger partial charge < -0.3 is 14.5 Å². The van der Waals surface area contributed by atoms with Crippen LogP contribution in [-0.2, 0) is 4.79 Å². The minimum Gasteiger partial charge on any atom is -0.481 e. The Balaban J connectivity index is 1.63. The molecule has 0 aliphatic carbocycles. The highest BCUT2D eigenvalue weighted by atomic mass is 35.5. The van der Waals surface area contributed by atoms with Gasteiger partial charge in [-0.25, -0.2) is 4.39 Å². The number of hydrogen-bond donors (Lipinski definition) is 1. The van der Waals surface area contributed by atoms with Crippen LogP contribution in [0.3, 0.4) is 0 Å². The molecule has 0 unspecified atom stereocenters. The van der Waals surface area contributed by atoms with Crippen LogP contribution < -0.4 is 10.1 Å². The number of anilines is 1. The molecule has 1 N–H and O–H groups in total. The molecule has 4 rings (SSSR count). The summed E-state index contributed by atoms with van der Waals surface area (Å²) in [6, 6.07) is 17.2. The average molecular weight is 452 g/mol. The molecule has 0 bridgehead atoms. The molecule has 0 aliphatic rings. The topological polar surface area (TPSA) is 68.5 Å². The SMILES string of the molecule is Cc1cc(O[C@@H](C)C(=O)Nc2c(C(=O)c3ccc(F)cc3)oc3ccccc23)ccc1Cl. The number of carbonyl (C=O) groups excluding carboxylic acids is 2. The van der Waals surface area contributed by atoms with Crippen LogP contribution in [0.1, 0.15) is 28.6 Å². The number of aryl methyl sites for hydroxylation is 1. The van der Waals surface area contributed by atoms with E-state index in [2.05, 4.69) is 5.32 Å². The van der Waals surface area contributed by atoms with Crippen molar-refractivity contribution in [3.05, 3.63) is 94.5 Å². The summed E-state index contributed by atoms with van der Waals surface area (Å²) < 4.78 is 24.8. The van der Waals surface area contributed by atoms with Crippen molar-refractivity contribution in [2.24, 2.45) is 0 Å². The van der Waals surface area contributed by atoms with Crippen molar-refractivity contribution in [3.8, 4) is 5.75 Å². The zero-order valence-electron chi connectivity index (χ0n) is 17.3. The van der Waals surface area contributed by atoms with E-state index in [4.69, 9.17) is 20.8 Å². The first-order valence-corrected chi connectivity index (χ1v) is 10.3. The molecule has 3 aromatic carbocycles. The van der Waals surface area contributed by atoms with E-state index in [1.54, 1.807) is 49.4 Å². The number of hydrogen-bond acceptors (Lipinski definition) is 4. The summed E-state index contributed by atoms with van der Waals surface area (Å²) >= 11 is 6.04. The van der Waals surface area contributed by atoms with Crippen LogP contribution in [0.25, 0.3) is 11.0 Å². The molecule has 0 radical (unpaired) electrons. The smallest absolute Gasteiger partial charge is 0.265 e. The predicted molar refractivity (Wildman–Crippen MR) is 121 cm³/mol. The summed E-state index contributed by atoms with van der Waals surface area (Å²) in [6.45, 7) is 3.44. The van der Waals surface area contributed by atoms with Gasteiger partial charge >= 0.3 is 0 Å². The number of para-hydroxylation sites is 1. The lowest BCUT2D eigenvalue weighted by molar-refractivity contribution is -0.122. The highest BCUT2D eigenvalue weighted by molar-refractivity contribution is 6.31. The molecular weight excluding hydrogens is 433 g/mol. The number of nitrogens with one attached hydrogen (secondary N) is 1. The van der Waals surface area contributed by atoms with Gasteiger partial charge in [0.1, 0.15) is 17.1 Å². The number of amides is 1. The first kappa shape index (κ1) is 21.6. The van der Waals surface area contributed by atoms with Gasteiger partial charge in [0.15, 0.2) is 11.9 Å². The number of fused-ring (bicyclic) bond motifs is 1. The number of benzene rings is 3. The van der Waals surface area contributed by atoms with E-state index in [1.165, 1.54) is 24.3 Å². The molecule has 1 aromatic heterocycles. The molecule has 162 valence electrons. The number of ether oxygens (including phenoxy) is 1. The lowest BCUT2D eigenvalue weighted by Crippen LogP contribution is -2.30. The quantitative estimate of drug-likeness (QED) is 0.356. The first-order valence-electron chi connectivity index (χ1n) is 9.89. The number of halogens is 2. The highest BCUT2D eigenvalue weighted by Gasteiger charge is 2.25. The summed E-state index contributed by atoms with van der Waals surface area (Å²) in [6.07, 6.45) is -0.863. The Kier molecular flexibility index (Phi) is 5.97. The van der Waals surface area contributed by atoms with Gasteiger partial charge in [0, 0.05) is 16.0 Å². The Morgan fingerprint density at radius 1 is 1.06 bits per heavy atom. The fourth-order valence-electron chi connectivity index (χ4n) is 3.23. The Morgan fingerprint density at radius 2 is 1.78 bits per heavy atom. The van der Waals surface area contributed by atoms with E-state index in [1.807, 2.05) is 6.92 Å². The standard InChI is InChI=1S/C25H19ClFNO4/c1-14-13-18(11-12-20(14)26)31-15(2)25(30)28-22-19-5-3-4-6-21(19)32-24(22)23(29)16-7-9-17(27)10-8-16/h3-13,15H,1-2H3,(H,28,30)/t15-/m0/s1. The summed E-state index contributed by atoms with van der Waals surface area (Å²) in [5.41, 5.74) is 1.74. The maximum Gasteiger partial charge on any atom is 0.265 e. The second-order valence-electron chi connectivity index (χ2n) is 7.30. The van der Waals surface area contributed by atoms with E-state index in [-0.39, 0.29) is 17.0 Å². The Labute approximate surface area is 188 Å². The third-order valence-corrected chi connectivity index (χ3v) is 5.39. The van der Waals surface area contributed by atoms with Crippen molar-refractivity contribution in [2.45, 2.75) is 20.0 Å². The molecular formula is C25H19ClFNO4. The third kappa shape index (κ3) is 4.36. The van der Waals surface area contributed by atoms with Gasteiger partial charge in [-0.3, -0.25) is 9.59 Å². The second-order valence-corrected chi connectivity index (χ2v) is 7.71. The Morgan fingerprint density at radius 3 is 2.50 bits per heavy atom. The van der Waals surface area contributed by atoms with Gasteiger partial charge in [-0.2, -0.15) is 0 Å². The van der Waals surface area contributed by atoms with Crippen LogP contribution in [0.2, 0.25) is 5.02 Å². The van der Waals surface area contributed by atoms with Gasteiger partial charge in [-0.05, 0) is 74.0 Å². The summed E-state index contributed by atoms with van der Waals surface area (Å²) in [5.74, 6) is -0.936. The van der Waals surface area contributed by atoms with Crippen LogP contribution in [0, 0.1) is 12.7 Å². The van der Waals surface area contributed by atoms with Crippen molar-refractivity contribution in [3.63, 3.8) is 0 Å². The number of carbonyl (C=O) groups is 2. The molecule has 0 spiro atoms. The molecule has 4 aromatic rings. The lowest BCUT2D eigenvalue weighted by Gasteiger charge is -2.15. The molecule has 0 aliphatic heterocycles. The van der Waals surface area contributed by atoms with Crippen LogP contribution >= 0.6 is 11.6 Å². The maximum absolute atomic E-state index is 13.3. The fraction of sp³-hybridized carbons (Fsp3) is 0.120. The minimum atomic E-state index is -0.863. The second kappa shape index (κ2) is 8.85. The summed E-state index contributed by atoms with van der Waals surface area (Å²) in [4.78, 5) is 26.0. The third-order valence-electron chi connectivity index (χ3n) is 4.97. The first-order chi connectivity index (χ1) is 15.3. The molecule has 0 fully saturated rings. The van der Waals surface area contributed by atoms with Gasteiger partial charge in [-0.15, -0.1) is 0 Å². The minimum absolute atomic E-state index is 0.0410. The van der Waals surface area contributed by atoms with E-state index in [0.29, 0.717) is 21.7 Å². The zero-order valence-corrected chi connectivity index (χ0v) is 18.1. The van der Waals surface area contributed by atoms with Crippen molar-refractivity contribution in [1.29, 1.82) is 0 Å². The molecule has 1 amide bonds. The molecule has 0 saturated carbocycles. The summed E-state index contributed by atoms with van der Waals surface area (Å²) in [5, 5.41) is 3.93. The van der Waals surface area contributed by atoms with Crippen molar-refractivity contribution in [1.82, 2.24) is 0 Å². The zero-order chi connectivity index (χ0) is 22.8. The molecule has 1 heterocycles. The van der Waals surface area contributed by atoms with Gasteiger partial charge in [0.2, 0.25) is 5.78 Å². The number of rotatable bonds is 6.